The fourth-order valence-electron chi connectivity index (χ4n) is 3.15. The summed E-state index contributed by atoms with van der Waals surface area (Å²) in [7, 11) is 3.29. The van der Waals surface area contributed by atoms with Gasteiger partial charge in [0.2, 0.25) is 0 Å². The monoisotopic (exact) mass is 359 g/mol. The number of amides is 1. The number of likely N-dealkylation sites (tertiary alicyclic amines) is 1. The number of carbonyl (C=O) groups excluding carboxylic acids is 2. The molecule has 3 rings (SSSR count). The summed E-state index contributed by atoms with van der Waals surface area (Å²) in [5, 5.41) is 0. The average Bonchev–Trinajstić information content (AvgIpc) is 3.30. The maximum Gasteiger partial charge on any atom is 0.263 e. The lowest BCUT2D eigenvalue weighted by molar-refractivity contribution is 0.0795. The number of methoxy groups -OCH3 is 2. The van der Waals surface area contributed by atoms with Crippen molar-refractivity contribution < 1.29 is 19.1 Å². The Morgan fingerprint density at radius 3 is 2.52 bits per heavy atom. The van der Waals surface area contributed by atoms with Crippen LogP contribution < -0.4 is 9.47 Å². The minimum atomic E-state index is -0.0122. The summed E-state index contributed by atoms with van der Waals surface area (Å²) in [6.45, 7) is 2.84. The van der Waals surface area contributed by atoms with Gasteiger partial charge in [0.05, 0.1) is 24.0 Å². The zero-order valence-corrected chi connectivity index (χ0v) is 15.4. The molecule has 0 N–H and O–H groups in total. The van der Waals surface area contributed by atoms with Crippen LogP contribution in [0.15, 0.2) is 30.3 Å². The largest absolute Gasteiger partial charge is 0.497 e. The summed E-state index contributed by atoms with van der Waals surface area (Å²) >= 11 is 1.26. The van der Waals surface area contributed by atoms with Crippen LogP contribution in [0.3, 0.4) is 0 Å². The van der Waals surface area contributed by atoms with Crippen LogP contribution in [0, 0.1) is 0 Å². The summed E-state index contributed by atoms with van der Waals surface area (Å²) in [6.07, 6.45) is 0.875. The highest BCUT2D eigenvalue weighted by molar-refractivity contribution is 7.15. The van der Waals surface area contributed by atoms with Crippen molar-refractivity contribution in [2.45, 2.75) is 19.3 Å². The van der Waals surface area contributed by atoms with Gasteiger partial charge in [-0.3, -0.25) is 9.59 Å². The second kappa shape index (κ2) is 7.27. The lowest BCUT2D eigenvalue weighted by atomic mass is 9.97. The van der Waals surface area contributed by atoms with Gasteiger partial charge < -0.3 is 14.4 Å². The van der Waals surface area contributed by atoms with Gasteiger partial charge in [0.15, 0.2) is 5.78 Å². The molecule has 2 heterocycles. The quantitative estimate of drug-likeness (QED) is 0.766. The molecule has 25 heavy (non-hydrogen) atoms. The molecule has 1 fully saturated rings. The lowest BCUT2D eigenvalue weighted by Crippen LogP contribution is -2.27. The van der Waals surface area contributed by atoms with E-state index in [0.717, 1.165) is 23.5 Å². The van der Waals surface area contributed by atoms with Crippen molar-refractivity contribution in [1.29, 1.82) is 0 Å². The third kappa shape index (κ3) is 3.54. The van der Waals surface area contributed by atoms with Crippen molar-refractivity contribution in [2.24, 2.45) is 0 Å². The Bertz CT molecular complexity index is 798. The highest BCUT2D eigenvalue weighted by Gasteiger charge is 2.30. The molecule has 1 saturated heterocycles. The Kier molecular flexibility index (Phi) is 5.08. The van der Waals surface area contributed by atoms with E-state index in [4.69, 9.17) is 9.47 Å². The van der Waals surface area contributed by atoms with Crippen LogP contribution in [0.2, 0.25) is 0 Å². The number of thiophene rings is 1. The fraction of sp³-hybridized carbons (Fsp3) is 0.368. The zero-order valence-electron chi connectivity index (χ0n) is 14.6. The van der Waals surface area contributed by atoms with Gasteiger partial charge in [-0.1, -0.05) is 0 Å². The van der Waals surface area contributed by atoms with Gasteiger partial charge in [-0.15, -0.1) is 11.3 Å². The van der Waals surface area contributed by atoms with Gasteiger partial charge in [-0.25, -0.2) is 0 Å². The van der Waals surface area contributed by atoms with Crippen LogP contribution in [-0.4, -0.2) is 43.9 Å². The maximum atomic E-state index is 12.7. The number of ketones is 1. The van der Waals surface area contributed by atoms with Crippen LogP contribution in [0.25, 0.3) is 0 Å². The zero-order chi connectivity index (χ0) is 18.0. The number of carbonyl (C=O) groups is 2. The second-order valence-corrected chi connectivity index (χ2v) is 7.15. The Balaban J connectivity index is 1.77. The first-order valence-corrected chi connectivity index (χ1v) is 8.97. The Morgan fingerprint density at radius 1 is 1.12 bits per heavy atom. The van der Waals surface area contributed by atoms with Crippen molar-refractivity contribution in [2.75, 3.05) is 27.3 Å². The van der Waals surface area contributed by atoms with Crippen LogP contribution in [0.4, 0.5) is 0 Å². The van der Waals surface area contributed by atoms with Crippen molar-refractivity contribution in [3.63, 3.8) is 0 Å². The van der Waals surface area contributed by atoms with E-state index in [9.17, 15) is 9.59 Å². The minimum Gasteiger partial charge on any atom is -0.497 e. The molecule has 5 nitrogen and oxygen atoms in total. The van der Waals surface area contributed by atoms with E-state index < -0.39 is 0 Å². The van der Waals surface area contributed by atoms with Gasteiger partial charge >= 0.3 is 0 Å². The molecule has 6 heteroatoms. The number of Topliss-reactive ketones (excluding diaryl/α,β-unsaturated/α-hetero) is 1. The van der Waals surface area contributed by atoms with E-state index in [-0.39, 0.29) is 17.6 Å². The Morgan fingerprint density at radius 2 is 1.88 bits per heavy atom. The molecule has 0 radical (unpaired) electrons. The Hall–Kier alpha value is -2.34. The number of hydrogen-bond acceptors (Lipinski definition) is 5. The molecule has 1 aromatic carbocycles. The fourth-order valence-corrected chi connectivity index (χ4v) is 4.02. The number of nitrogens with zero attached hydrogens (tertiary/aromatic N) is 1. The van der Waals surface area contributed by atoms with Crippen LogP contribution >= 0.6 is 11.3 Å². The minimum absolute atomic E-state index is 0.00975. The average molecular weight is 359 g/mol. The molecule has 0 aliphatic carbocycles. The topological polar surface area (TPSA) is 55.8 Å². The predicted molar refractivity (Wildman–Crippen MR) is 97.1 cm³/mol. The molecule has 0 bridgehead atoms. The normalized spacial score (nSPS) is 16.8. The van der Waals surface area contributed by atoms with Gasteiger partial charge in [0.1, 0.15) is 11.5 Å². The van der Waals surface area contributed by atoms with Gasteiger partial charge in [0.25, 0.3) is 5.91 Å². The molecule has 1 atom stereocenters. The van der Waals surface area contributed by atoms with Crippen LogP contribution in [0.1, 0.15) is 44.2 Å². The predicted octanol–water partition coefficient (Wildman–Crippen LogP) is 3.60. The van der Waals surface area contributed by atoms with E-state index in [2.05, 4.69) is 0 Å². The molecule has 0 spiro atoms. The van der Waals surface area contributed by atoms with E-state index in [1.165, 1.54) is 18.3 Å². The summed E-state index contributed by atoms with van der Waals surface area (Å²) in [6, 6.07) is 9.21. The third-order valence-electron chi connectivity index (χ3n) is 4.52. The summed E-state index contributed by atoms with van der Waals surface area (Å²) in [4.78, 5) is 27.2. The molecular formula is C19H21NO4S. The molecule has 132 valence electrons. The third-order valence-corrected chi connectivity index (χ3v) is 5.69. The maximum absolute atomic E-state index is 12.7. The molecule has 1 aliphatic rings. The molecule has 1 aliphatic heterocycles. The number of ether oxygens (including phenoxy) is 2. The molecular weight excluding hydrogens is 338 g/mol. The molecule has 0 unspecified atom stereocenters. The standard InChI is InChI=1S/C19H21NO4S/c1-12(21)17-6-7-18(25-17)19(22)20-9-8-13(11-20)15-10-14(23-2)4-5-16(15)24-3/h4-7,10,13H,8-9,11H2,1-3H3/t13-/m1/s1. The first-order valence-electron chi connectivity index (χ1n) is 8.15. The van der Waals surface area contributed by atoms with Crippen LogP contribution in [0.5, 0.6) is 11.5 Å². The van der Waals surface area contributed by atoms with E-state index in [1.54, 1.807) is 26.4 Å². The van der Waals surface area contributed by atoms with E-state index in [0.29, 0.717) is 22.8 Å². The van der Waals surface area contributed by atoms with E-state index >= 15 is 0 Å². The first kappa shape index (κ1) is 17.5. The molecule has 1 amide bonds. The SMILES string of the molecule is COc1ccc(OC)c([C@@H]2CCN(C(=O)c3ccc(C(C)=O)s3)C2)c1. The molecule has 1 aromatic heterocycles. The summed E-state index contributed by atoms with van der Waals surface area (Å²) < 4.78 is 10.8. The first-order chi connectivity index (χ1) is 12.0. The molecule has 0 saturated carbocycles. The molecule has 2 aromatic rings. The van der Waals surface area contributed by atoms with Crippen molar-refractivity contribution in [3.8, 4) is 11.5 Å². The smallest absolute Gasteiger partial charge is 0.263 e. The van der Waals surface area contributed by atoms with Crippen LogP contribution in [-0.2, 0) is 0 Å². The lowest BCUT2D eigenvalue weighted by Gasteiger charge is -2.18. The second-order valence-electron chi connectivity index (χ2n) is 6.06. The van der Waals surface area contributed by atoms with Gasteiger partial charge in [0, 0.05) is 24.6 Å². The summed E-state index contributed by atoms with van der Waals surface area (Å²) in [5.41, 5.74) is 1.06. The van der Waals surface area contributed by atoms with Gasteiger partial charge in [-0.05, 0) is 43.7 Å². The highest BCUT2D eigenvalue weighted by Crippen LogP contribution is 2.36. The summed E-state index contributed by atoms with van der Waals surface area (Å²) in [5.74, 6) is 1.78. The van der Waals surface area contributed by atoms with E-state index in [1.807, 2.05) is 23.1 Å². The van der Waals surface area contributed by atoms with Crippen molar-refractivity contribution >= 4 is 23.0 Å². The Labute approximate surface area is 151 Å². The number of rotatable bonds is 5. The number of hydrogen-bond donors (Lipinski definition) is 0. The number of benzene rings is 1. The highest BCUT2D eigenvalue weighted by atomic mass is 32.1. The van der Waals surface area contributed by atoms with Gasteiger partial charge in [-0.2, -0.15) is 0 Å². The van der Waals surface area contributed by atoms with Crippen molar-refractivity contribution in [1.82, 2.24) is 4.90 Å². The van der Waals surface area contributed by atoms with Crippen molar-refractivity contribution in [3.05, 3.63) is 45.6 Å².